The number of carbonyl (C=O) groups excluding carboxylic acids is 1. The van der Waals surface area contributed by atoms with Crippen LogP contribution in [0.3, 0.4) is 0 Å². The molecule has 0 unspecified atom stereocenters. The normalized spacial score (nSPS) is 21.1. The Kier molecular flexibility index (Phi) is 6.72. The number of carbonyl (C=O) groups is 1. The van der Waals surface area contributed by atoms with Crippen molar-refractivity contribution in [2.45, 2.75) is 51.1 Å². The lowest BCUT2D eigenvalue weighted by atomic mass is 9.73. The third kappa shape index (κ3) is 4.83. The SMILES string of the molecule is CCOc1ccc(-c2cc(C(=O)NC34CCC(CC3)N(CC)C4)c(F)c(-c3cnc(N)c(F)n3)n2)cn1. The smallest absolute Gasteiger partial charge is 0.256 e. The number of anilines is 1. The second-order valence-corrected chi connectivity index (χ2v) is 9.50. The Morgan fingerprint density at radius 2 is 1.95 bits per heavy atom. The van der Waals surface area contributed by atoms with E-state index in [1.807, 2.05) is 6.92 Å². The minimum Gasteiger partial charge on any atom is -0.478 e. The summed E-state index contributed by atoms with van der Waals surface area (Å²) in [6, 6.07) is 5.28. The third-order valence-electron chi connectivity index (χ3n) is 7.24. The van der Waals surface area contributed by atoms with Gasteiger partial charge in [0.15, 0.2) is 11.6 Å². The molecule has 0 aromatic carbocycles. The fraction of sp³-hybridized carbons (Fsp3) is 0.423. The maximum atomic E-state index is 15.8. The van der Waals surface area contributed by atoms with Crippen LogP contribution < -0.4 is 15.8 Å². The summed E-state index contributed by atoms with van der Waals surface area (Å²) in [5.41, 5.74) is 5.14. The zero-order chi connectivity index (χ0) is 26.2. The molecule has 3 aromatic rings. The van der Waals surface area contributed by atoms with Crippen molar-refractivity contribution in [2.75, 3.05) is 25.4 Å². The van der Waals surface area contributed by atoms with Crippen LogP contribution in [0, 0.1) is 11.8 Å². The topological polar surface area (TPSA) is 119 Å². The van der Waals surface area contributed by atoms with Gasteiger partial charge in [-0.15, -0.1) is 0 Å². The van der Waals surface area contributed by atoms with Gasteiger partial charge in [0.05, 0.1) is 29.6 Å². The van der Waals surface area contributed by atoms with Crippen molar-refractivity contribution < 1.29 is 18.3 Å². The van der Waals surface area contributed by atoms with E-state index in [0.29, 0.717) is 24.1 Å². The fourth-order valence-corrected chi connectivity index (χ4v) is 5.31. The molecule has 0 spiro atoms. The highest BCUT2D eigenvalue weighted by atomic mass is 19.1. The second-order valence-electron chi connectivity index (χ2n) is 9.50. The maximum absolute atomic E-state index is 15.8. The van der Waals surface area contributed by atoms with Crippen LogP contribution in [0.2, 0.25) is 0 Å². The van der Waals surface area contributed by atoms with Crippen LogP contribution >= 0.6 is 0 Å². The van der Waals surface area contributed by atoms with E-state index in [9.17, 15) is 9.18 Å². The summed E-state index contributed by atoms with van der Waals surface area (Å²) in [6.07, 6.45) is 6.30. The summed E-state index contributed by atoms with van der Waals surface area (Å²) in [5.74, 6) is -2.50. The monoisotopic (exact) mass is 509 g/mol. The van der Waals surface area contributed by atoms with Crippen molar-refractivity contribution in [2.24, 2.45) is 0 Å². The Morgan fingerprint density at radius 3 is 2.59 bits per heavy atom. The van der Waals surface area contributed by atoms with E-state index in [0.717, 1.165) is 45.0 Å². The van der Waals surface area contributed by atoms with Gasteiger partial charge in [0.1, 0.15) is 11.4 Å². The van der Waals surface area contributed by atoms with Gasteiger partial charge in [-0.05, 0) is 51.3 Å². The maximum Gasteiger partial charge on any atom is 0.256 e. The molecular weight excluding hydrogens is 480 g/mol. The Labute approximate surface area is 213 Å². The average molecular weight is 510 g/mol. The molecule has 1 aliphatic carbocycles. The number of nitrogens with one attached hydrogen (secondary N) is 1. The van der Waals surface area contributed by atoms with Crippen molar-refractivity contribution in [3.63, 3.8) is 0 Å². The van der Waals surface area contributed by atoms with Crippen LogP contribution in [0.4, 0.5) is 14.6 Å². The number of amides is 1. The molecule has 11 heteroatoms. The number of likely N-dealkylation sites (N-methyl/N-ethyl adjacent to an activating group) is 1. The van der Waals surface area contributed by atoms with Gasteiger partial charge in [-0.2, -0.15) is 4.39 Å². The Bertz CT molecular complexity index is 1310. The molecule has 2 saturated heterocycles. The average Bonchev–Trinajstić information content (AvgIpc) is 2.91. The number of rotatable bonds is 7. The molecule has 0 radical (unpaired) electrons. The predicted molar refractivity (Wildman–Crippen MR) is 134 cm³/mol. The van der Waals surface area contributed by atoms with Crippen molar-refractivity contribution in [3.8, 4) is 28.5 Å². The molecule has 2 aliphatic heterocycles. The summed E-state index contributed by atoms with van der Waals surface area (Å²) in [7, 11) is 0. The van der Waals surface area contributed by atoms with E-state index < -0.39 is 29.0 Å². The molecule has 2 bridgehead atoms. The molecular formula is C26H29F2N7O2. The zero-order valence-corrected chi connectivity index (χ0v) is 20.8. The zero-order valence-electron chi connectivity index (χ0n) is 20.8. The summed E-state index contributed by atoms with van der Waals surface area (Å²) >= 11 is 0. The Balaban J connectivity index is 1.56. The predicted octanol–water partition coefficient (Wildman–Crippen LogP) is 3.61. The number of nitrogen functional groups attached to an aromatic ring is 1. The first kappa shape index (κ1) is 24.9. The summed E-state index contributed by atoms with van der Waals surface area (Å²) in [6.45, 7) is 6.03. The number of pyridine rings is 2. The van der Waals surface area contributed by atoms with Crippen LogP contribution in [0.15, 0.2) is 30.6 Å². The molecule has 37 heavy (non-hydrogen) atoms. The molecule has 1 amide bonds. The first-order valence-electron chi connectivity index (χ1n) is 12.5. The van der Waals surface area contributed by atoms with Crippen LogP contribution in [-0.2, 0) is 0 Å². The molecule has 194 valence electrons. The largest absolute Gasteiger partial charge is 0.478 e. The van der Waals surface area contributed by atoms with Crippen LogP contribution in [0.1, 0.15) is 49.9 Å². The fourth-order valence-electron chi connectivity index (χ4n) is 5.31. The van der Waals surface area contributed by atoms with Crippen molar-refractivity contribution in [3.05, 3.63) is 47.9 Å². The highest BCUT2D eigenvalue weighted by Crippen LogP contribution is 2.38. The number of halogens is 2. The highest BCUT2D eigenvalue weighted by molar-refractivity contribution is 5.97. The van der Waals surface area contributed by atoms with Gasteiger partial charge < -0.3 is 15.8 Å². The lowest BCUT2D eigenvalue weighted by Crippen LogP contribution is -2.65. The summed E-state index contributed by atoms with van der Waals surface area (Å²) in [5, 5.41) is 3.13. The molecule has 3 fully saturated rings. The minimum absolute atomic E-state index is 0.174. The first-order chi connectivity index (χ1) is 17.8. The molecule has 3 aliphatic rings. The number of nitrogens with zero attached hydrogens (tertiary/aromatic N) is 5. The second kappa shape index (κ2) is 9.97. The van der Waals surface area contributed by atoms with E-state index in [2.05, 4.69) is 37.1 Å². The van der Waals surface area contributed by atoms with Gasteiger partial charge in [0, 0.05) is 30.4 Å². The third-order valence-corrected chi connectivity index (χ3v) is 7.24. The van der Waals surface area contributed by atoms with Crippen molar-refractivity contribution >= 4 is 11.7 Å². The van der Waals surface area contributed by atoms with E-state index in [1.165, 1.54) is 12.3 Å². The molecule has 6 rings (SSSR count). The number of ether oxygens (including phenoxy) is 1. The van der Waals surface area contributed by atoms with Gasteiger partial charge in [0.2, 0.25) is 5.88 Å². The summed E-state index contributed by atoms with van der Waals surface area (Å²) in [4.78, 5) is 32.0. The van der Waals surface area contributed by atoms with Gasteiger partial charge in [-0.25, -0.2) is 24.3 Å². The number of aromatic nitrogens is 4. The lowest BCUT2D eigenvalue weighted by molar-refractivity contribution is 0.0140. The Hall–Kier alpha value is -3.73. The Morgan fingerprint density at radius 1 is 1.16 bits per heavy atom. The van der Waals surface area contributed by atoms with Crippen molar-refractivity contribution in [1.29, 1.82) is 0 Å². The molecule has 3 N–H and O–H groups in total. The molecule has 5 heterocycles. The van der Waals surface area contributed by atoms with Crippen LogP contribution in [0.5, 0.6) is 5.88 Å². The van der Waals surface area contributed by atoms with E-state index >= 15 is 4.39 Å². The van der Waals surface area contributed by atoms with Gasteiger partial charge in [-0.1, -0.05) is 6.92 Å². The molecule has 3 aromatic heterocycles. The van der Waals surface area contributed by atoms with Crippen LogP contribution in [-0.4, -0.2) is 62.0 Å². The summed E-state index contributed by atoms with van der Waals surface area (Å²) < 4.78 is 35.4. The highest BCUT2D eigenvalue weighted by Gasteiger charge is 2.45. The number of piperidine rings is 2. The quantitative estimate of drug-likeness (QED) is 0.496. The van der Waals surface area contributed by atoms with Crippen LogP contribution in [0.25, 0.3) is 22.6 Å². The first-order valence-corrected chi connectivity index (χ1v) is 12.5. The van der Waals surface area contributed by atoms with Gasteiger partial charge in [0.25, 0.3) is 11.9 Å². The van der Waals surface area contributed by atoms with E-state index in [1.54, 1.807) is 12.1 Å². The molecule has 0 atom stereocenters. The van der Waals surface area contributed by atoms with Crippen molar-refractivity contribution in [1.82, 2.24) is 30.2 Å². The van der Waals surface area contributed by atoms with Gasteiger partial charge in [-0.3, -0.25) is 9.69 Å². The number of fused-ring (bicyclic) bond motifs is 3. The number of nitrogens with two attached hydrogens (primary N) is 1. The molecule has 9 nitrogen and oxygen atoms in total. The number of hydrogen-bond donors (Lipinski definition) is 2. The minimum atomic E-state index is -1.05. The molecule has 1 saturated carbocycles. The van der Waals surface area contributed by atoms with E-state index in [-0.39, 0.29) is 22.6 Å². The standard InChI is InChI=1S/C26H29F2N7O2/c1-3-35-14-26(9-7-16(35)8-10-26)34-25(36)17-11-18(15-5-6-20(30-12-15)37-4-2)32-22(21(17)27)19-13-31-24(29)23(28)33-19/h5-6,11-13,16H,3-4,7-10,14H2,1-2H3,(H2,29,31)(H,34,36). The number of hydrogen-bond acceptors (Lipinski definition) is 8. The van der Waals surface area contributed by atoms with E-state index in [4.69, 9.17) is 10.5 Å². The lowest BCUT2D eigenvalue weighted by Gasteiger charge is -2.53. The van der Waals surface area contributed by atoms with Gasteiger partial charge >= 0.3 is 0 Å².